The lowest BCUT2D eigenvalue weighted by molar-refractivity contribution is 0.457. The van der Waals surface area contributed by atoms with Gasteiger partial charge in [0.05, 0.1) is 5.69 Å². The molecular weight excluding hydrogens is 426 g/mol. The van der Waals surface area contributed by atoms with Crippen molar-refractivity contribution < 1.29 is 5.11 Å². The topological polar surface area (TPSA) is 32.6 Å². The van der Waals surface area contributed by atoms with Crippen LogP contribution in [0.25, 0.3) is 11.1 Å². The predicted octanol–water partition coefficient (Wildman–Crippen LogP) is 8.16. The van der Waals surface area contributed by atoms with E-state index in [0.29, 0.717) is 5.56 Å². The van der Waals surface area contributed by atoms with Crippen LogP contribution in [0, 0.1) is 0 Å². The summed E-state index contributed by atoms with van der Waals surface area (Å²) >= 11 is 0. The van der Waals surface area contributed by atoms with Crippen LogP contribution in [-0.2, 0) is 5.41 Å². The summed E-state index contributed by atoms with van der Waals surface area (Å²) in [6.07, 6.45) is 1.78. The van der Waals surface area contributed by atoms with Gasteiger partial charge in [-0.25, -0.2) is 0 Å². The van der Waals surface area contributed by atoms with E-state index >= 15 is 0 Å². The van der Waals surface area contributed by atoms with Crippen molar-refractivity contribution in [2.45, 2.75) is 12.3 Å². The minimum absolute atomic E-state index is 0.237. The molecule has 0 radical (unpaired) electrons. The highest BCUT2D eigenvalue weighted by atomic mass is 16.3. The number of phenolic OH excluding ortho intramolecular Hbond substituents is 1. The number of hydrogen-bond donors (Lipinski definition) is 1. The van der Waals surface area contributed by atoms with Gasteiger partial charge < -0.3 is 5.11 Å². The molecule has 2 nitrogen and oxygen atoms in total. The van der Waals surface area contributed by atoms with E-state index in [1.165, 1.54) is 0 Å². The molecule has 0 aliphatic heterocycles. The maximum atomic E-state index is 11.9. The zero-order valence-electron chi connectivity index (χ0n) is 19.7. The van der Waals surface area contributed by atoms with Crippen molar-refractivity contribution in [3.05, 3.63) is 156 Å². The third-order valence-corrected chi connectivity index (χ3v) is 6.64. The lowest BCUT2D eigenvalue weighted by Crippen LogP contribution is -2.25. The SMILES string of the molecule is CC(c1ccccc1)(c1ccccc1)c1ccc(-c2ccccc2)c(C=Nc2ccccc2)c1O. The fourth-order valence-electron chi connectivity index (χ4n) is 4.69. The number of phenols is 1. The maximum Gasteiger partial charge on any atom is 0.129 e. The minimum atomic E-state index is -0.558. The van der Waals surface area contributed by atoms with Crippen molar-refractivity contribution in [3.8, 4) is 16.9 Å². The van der Waals surface area contributed by atoms with Crippen molar-refractivity contribution in [1.82, 2.24) is 0 Å². The Morgan fingerprint density at radius 1 is 0.600 bits per heavy atom. The van der Waals surface area contributed by atoms with Crippen LogP contribution in [0.1, 0.15) is 29.2 Å². The largest absolute Gasteiger partial charge is 0.507 e. The Hall–Kier alpha value is -4.43. The summed E-state index contributed by atoms with van der Waals surface area (Å²) < 4.78 is 0. The number of rotatable bonds is 6. The van der Waals surface area contributed by atoms with E-state index in [1.807, 2.05) is 84.9 Å². The fraction of sp³-hybridized carbons (Fsp3) is 0.0606. The Kier molecular flexibility index (Phi) is 6.28. The van der Waals surface area contributed by atoms with Gasteiger partial charge in [-0.1, -0.05) is 121 Å². The molecule has 0 aromatic heterocycles. The van der Waals surface area contributed by atoms with E-state index in [2.05, 4.69) is 55.5 Å². The molecule has 0 aliphatic rings. The van der Waals surface area contributed by atoms with Crippen molar-refractivity contribution in [1.29, 1.82) is 0 Å². The number of hydrogen-bond acceptors (Lipinski definition) is 2. The van der Waals surface area contributed by atoms with Crippen LogP contribution in [0.5, 0.6) is 5.75 Å². The van der Waals surface area contributed by atoms with Gasteiger partial charge in [-0.05, 0) is 41.3 Å². The van der Waals surface area contributed by atoms with Crippen molar-refractivity contribution in [2.24, 2.45) is 4.99 Å². The molecule has 0 atom stereocenters. The van der Waals surface area contributed by atoms with Gasteiger partial charge in [0, 0.05) is 22.8 Å². The Bertz CT molecular complexity index is 1390. The molecule has 0 unspecified atom stereocenters. The first kappa shape index (κ1) is 22.4. The number of aromatic hydroxyl groups is 1. The summed E-state index contributed by atoms with van der Waals surface area (Å²) in [5.74, 6) is 0.237. The van der Waals surface area contributed by atoms with E-state index in [-0.39, 0.29) is 5.75 Å². The Morgan fingerprint density at radius 3 is 1.63 bits per heavy atom. The molecule has 5 aromatic rings. The smallest absolute Gasteiger partial charge is 0.129 e. The van der Waals surface area contributed by atoms with Gasteiger partial charge >= 0.3 is 0 Å². The highest BCUT2D eigenvalue weighted by molar-refractivity contribution is 5.95. The summed E-state index contributed by atoms with van der Waals surface area (Å²) in [6, 6.07) is 44.8. The Morgan fingerprint density at radius 2 is 1.09 bits per heavy atom. The van der Waals surface area contributed by atoms with Gasteiger partial charge in [0.2, 0.25) is 0 Å². The minimum Gasteiger partial charge on any atom is -0.507 e. The zero-order chi connectivity index (χ0) is 24.1. The monoisotopic (exact) mass is 453 g/mol. The Labute approximate surface area is 206 Å². The van der Waals surface area contributed by atoms with Crippen LogP contribution < -0.4 is 0 Å². The number of para-hydroxylation sites is 1. The van der Waals surface area contributed by atoms with Crippen molar-refractivity contribution >= 4 is 11.9 Å². The van der Waals surface area contributed by atoms with Crippen LogP contribution in [0.3, 0.4) is 0 Å². The molecule has 0 heterocycles. The van der Waals surface area contributed by atoms with Gasteiger partial charge in [-0.3, -0.25) is 4.99 Å². The third kappa shape index (κ3) is 4.39. The van der Waals surface area contributed by atoms with E-state index in [4.69, 9.17) is 4.99 Å². The summed E-state index contributed by atoms with van der Waals surface area (Å²) in [7, 11) is 0. The first-order valence-electron chi connectivity index (χ1n) is 11.8. The van der Waals surface area contributed by atoms with E-state index in [0.717, 1.165) is 33.5 Å². The summed E-state index contributed by atoms with van der Waals surface area (Å²) in [5, 5.41) is 11.9. The van der Waals surface area contributed by atoms with Crippen LogP contribution in [-0.4, -0.2) is 11.3 Å². The normalized spacial score (nSPS) is 11.6. The van der Waals surface area contributed by atoms with Gasteiger partial charge in [-0.2, -0.15) is 0 Å². The first-order chi connectivity index (χ1) is 17.2. The fourth-order valence-corrected chi connectivity index (χ4v) is 4.69. The van der Waals surface area contributed by atoms with Gasteiger partial charge in [-0.15, -0.1) is 0 Å². The van der Waals surface area contributed by atoms with Crippen molar-refractivity contribution in [2.75, 3.05) is 0 Å². The van der Waals surface area contributed by atoms with E-state index in [1.54, 1.807) is 6.21 Å². The molecule has 170 valence electrons. The summed E-state index contributed by atoms with van der Waals surface area (Å²) in [6.45, 7) is 2.17. The Balaban J connectivity index is 1.76. The molecule has 5 aromatic carbocycles. The van der Waals surface area contributed by atoms with Crippen LogP contribution in [0.15, 0.2) is 138 Å². The maximum absolute atomic E-state index is 11.9. The molecule has 35 heavy (non-hydrogen) atoms. The van der Waals surface area contributed by atoms with Crippen LogP contribution in [0.4, 0.5) is 5.69 Å². The molecule has 0 aliphatic carbocycles. The summed E-state index contributed by atoms with van der Waals surface area (Å²) in [5.41, 5.74) is 6.02. The highest BCUT2D eigenvalue weighted by Crippen LogP contribution is 2.45. The molecule has 0 saturated carbocycles. The number of nitrogens with zero attached hydrogens (tertiary/aromatic N) is 1. The van der Waals surface area contributed by atoms with Gasteiger partial charge in [0.25, 0.3) is 0 Å². The lowest BCUT2D eigenvalue weighted by atomic mass is 9.70. The second kappa shape index (κ2) is 9.82. The second-order valence-electron chi connectivity index (χ2n) is 8.74. The number of benzene rings is 5. The van der Waals surface area contributed by atoms with E-state index in [9.17, 15) is 5.11 Å². The quantitative estimate of drug-likeness (QED) is 0.204. The zero-order valence-corrected chi connectivity index (χ0v) is 19.7. The molecule has 0 fully saturated rings. The van der Waals surface area contributed by atoms with E-state index < -0.39 is 5.41 Å². The molecular formula is C33H27NO. The summed E-state index contributed by atoms with van der Waals surface area (Å²) in [4.78, 5) is 4.71. The highest BCUT2D eigenvalue weighted by Gasteiger charge is 2.34. The molecule has 0 amide bonds. The molecule has 0 bridgehead atoms. The molecule has 1 N–H and O–H groups in total. The third-order valence-electron chi connectivity index (χ3n) is 6.64. The van der Waals surface area contributed by atoms with Crippen LogP contribution >= 0.6 is 0 Å². The standard InChI is InChI=1S/C33H27NO/c1-33(26-16-8-3-9-17-26,27-18-10-4-11-19-27)31-23-22-29(25-14-6-2-7-15-25)30(32(31)35)24-34-28-20-12-5-13-21-28/h2-24,35H,1H3. The number of aliphatic imine (C=N–C) groups is 1. The van der Waals surface area contributed by atoms with Gasteiger partial charge in [0.1, 0.15) is 5.75 Å². The second-order valence-corrected chi connectivity index (χ2v) is 8.74. The predicted molar refractivity (Wildman–Crippen MR) is 146 cm³/mol. The lowest BCUT2D eigenvalue weighted by Gasteiger charge is -2.33. The average Bonchev–Trinajstić information content (AvgIpc) is 2.94. The first-order valence-corrected chi connectivity index (χ1v) is 11.8. The molecule has 2 heteroatoms. The molecule has 0 saturated heterocycles. The molecule has 5 rings (SSSR count). The van der Waals surface area contributed by atoms with Gasteiger partial charge in [0.15, 0.2) is 0 Å². The van der Waals surface area contributed by atoms with Crippen LogP contribution in [0.2, 0.25) is 0 Å². The average molecular weight is 454 g/mol. The molecule has 0 spiro atoms. The van der Waals surface area contributed by atoms with Crippen molar-refractivity contribution in [3.63, 3.8) is 0 Å².